The van der Waals surface area contributed by atoms with Crippen LogP contribution in [0.15, 0.2) is 66.2 Å². The Morgan fingerprint density at radius 2 is 1.88 bits per heavy atom. The molecule has 1 unspecified atom stereocenters. The van der Waals surface area contributed by atoms with Crippen molar-refractivity contribution >= 4 is 23.3 Å². The first-order valence-electron chi connectivity index (χ1n) is 7.21. The number of carbonyl (C=O) groups is 2. The van der Waals surface area contributed by atoms with Gasteiger partial charge in [0.1, 0.15) is 0 Å². The van der Waals surface area contributed by atoms with Crippen LogP contribution in [-0.2, 0) is 15.1 Å². The lowest BCUT2D eigenvalue weighted by Crippen LogP contribution is -2.32. The second-order valence-corrected chi connectivity index (χ2v) is 5.91. The normalized spacial score (nSPS) is 20.0. The van der Waals surface area contributed by atoms with Crippen LogP contribution in [0, 0.1) is 0 Å². The Bertz CT molecular complexity index is 847. The number of benzene rings is 2. The van der Waals surface area contributed by atoms with Crippen molar-refractivity contribution in [2.75, 3.05) is 0 Å². The van der Waals surface area contributed by atoms with E-state index >= 15 is 0 Å². The Kier molecular flexibility index (Phi) is 4.03. The third-order valence-electron chi connectivity index (χ3n) is 3.81. The fourth-order valence-corrected chi connectivity index (χ4v) is 2.64. The Labute approximate surface area is 143 Å². The summed E-state index contributed by atoms with van der Waals surface area (Å²) >= 11 is 5.96. The maximum atomic E-state index is 12.4. The fourth-order valence-electron chi connectivity index (χ4n) is 2.45. The van der Waals surface area contributed by atoms with Gasteiger partial charge in [-0.1, -0.05) is 41.9 Å². The molecule has 0 radical (unpaired) electrons. The number of halogens is 1. The number of carbonyl (C=O) groups excluding carboxylic acids is 2. The van der Waals surface area contributed by atoms with Crippen molar-refractivity contribution in [1.29, 1.82) is 0 Å². The van der Waals surface area contributed by atoms with Gasteiger partial charge in [-0.15, -0.1) is 0 Å². The predicted molar refractivity (Wildman–Crippen MR) is 88.5 cm³/mol. The van der Waals surface area contributed by atoms with Crippen LogP contribution in [0.3, 0.4) is 0 Å². The number of aliphatic hydroxyl groups excluding tert-OH is 1. The molecule has 6 heteroatoms. The van der Waals surface area contributed by atoms with E-state index in [-0.39, 0.29) is 5.88 Å². The Hall–Kier alpha value is -2.79. The molecule has 1 aliphatic heterocycles. The van der Waals surface area contributed by atoms with Crippen molar-refractivity contribution in [3.8, 4) is 0 Å². The van der Waals surface area contributed by atoms with Crippen molar-refractivity contribution in [1.82, 2.24) is 5.32 Å². The van der Waals surface area contributed by atoms with E-state index in [9.17, 15) is 14.7 Å². The number of Topliss-reactive ketones (excluding diaryl/α,β-unsaturated/α-hetero) is 1. The molecule has 1 atom stereocenters. The van der Waals surface area contributed by atoms with Gasteiger partial charge in [-0.05, 0) is 31.2 Å². The lowest BCUT2D eigenvalue weighted by molar-refractivity contribution is -0.131. The van der Waals surface area contributed by atoms with Crippen molar-refractivity contribution in [2.45, 2.75) is 12.5 Å². The molecule has 5 nitrogen and oxygen atoms in total. The number of amides is 1. The molecule has 2 aromatic rings. The first kappa shape index (κ1) is 16.1. The van der Waals surface area contributed by atoms with E-state index in [1.54, 1.807) is 54.6 Å². The van der Waals surface area contributed by atoms with Gasteiger partial charge in [-0.2, -0.15) is 0 Å². The third kappa shape index (κ3) is 2.74. The molecule has 0 bridgehead atoms. The van der Waals surface area contributed by atoms with Crippen LogP contribution >= 0.6 is 11.6 Å². The summed E-state index contributed by atoms with van der Waals surface area (Å²) in [6.45, 7) is 1.51. The molecule has 122 valence electrons. The standard InChI is InChI=1S/C18H14ClNO4/c1-18(12-8-5-9-13(19)10-12)15(22)14(21)17(24-18)20-16(23)11-6-3-2-4-7-11/h2-10,21H,1H3,(H,20,23). The summed E-state index contributed by atoms with van der Waals surface area (Å²) in [6, 6.07) is 15.0. The van der Waals surface area contributed by atoms with Crippen LogP contribution in [-0.4, -0.2) is 16.8 Å². The SMILES string of the molecule is CC1(c2cccc(Cl)c2)OC(NC(=O)c2ccccc2)=C(O)C1=O. The van der Waals surface area contributed by atoms with E-state index in [4.69, 9.17) is 16.3 Å². The number of nitrogens with one attached hydrogen (secondary N) is 1. The third-order valence-corrected chi connectivity index (χ3v) is 4.04. The largest absolute Gasteiger partial charge is 0.501 e. The molecule has 0 saturated heterocycles. The second kappa shape index (κ2) is 6.02. The van der Waals surface area contributed by atoms with Gasteiger partial charge >= 0.3 is 0 Å². The van der Waals surface area contributed by atoms with Crippen molar-refractivity contribution in [3.05, 3.63) is 82.4 Å². The second-order valence-electron chi connectivity index (χ2n) is 5.47. The molecule has 0 fully saturated rings. The van der Waals surface area contributed by atoms with Crippen LogP contribution in [0.4, 0.5) is 0 Å². The Balaban J connectivity index is 1.86. The Morgan fingerprint density at radius 1 is 1.17 bits per heavy atom. The molecule has 1 aliphatic rings. The number of ether oxygens (including phenoxy) is 1. The van der Waals surface area contributed by atoms with E-state index in [1.807, 2.05) is 0 Å². The highest BCUT2D eigenvalue weighted by Gasteiger charge is 2.48. The molecule has 3 rings (SSSR count). The zero-order valence-corrected chi connectivity index (χ0v) is 13.5. The van der Waals surface area contributed by atoms with Crippen molar-refractivity contribution in [2.24, 2.45) is 0 Å². The van der Waals surface area contributed by atoms with Crippen molar-refractivity contribution < 1.29 is 19.4 Å². The van der Waals surface area contributed by atoms with Gasteiger partial charge in [0, 0.05) is 16.1 Å². The number of hydrogen-bond acceptors (Lipinski definition) is 4. The molecule has 0 aliphatic carbocycles. The minimum atomic E-state index is -1.45. The van der Waals surface area contributed by atoms with Crippen LogP contribution in [0.1, 0.15) is 22.8 Å². The highest BCUT2D eigenvalue weighted by molar-refractivity contribution is 6.30. The van der Waals surface area contributed by atoms with Crippen LogP contribution in [0.5, 0.6) is 0 Å². The van der Waals surface area contributed by atoms with E-state index in [2.05, 4.69) is 5.32 Å². The summed E-state index contributed by atoms with van der Waals surface area (Å²) in [5.74, 6) is -2.02. The zero-order valence-electron chi connectivity index (χ0n) is 12.7. The van der Waals surface area contributed by atoms with Gasteiger partial charge in [0.05, 0.1) is 0 Å². The smallest absolute Gasteiger partial charge is 0.258 e. The summed E-state index contributed by atoms with van der Waals surface area (Å²) in [5.41, 5.74) is -0.588. The lowest BCUT2D eigenvalue weighted by Gasteiger charge is -2.23. The van der Waals surface area contributed by atoms with Gasteiger partial charge in [-0.3, -0.25) is 14.9 Å². The fraction of sp³-hybridized carbons (Fsp3) is 0.111. The minimum absolute atomic E-state index is 0.267. The Morgan fingerprint density at radius 3 is 2.54 bits per heavy atom. The van der Waals surface area contributed by atoms with Crippen LogP contribution in [0.2, 0.25) is 5.02 Å². The van der Waals surface area contributed by atoms with Crippen LogP contribution in [0.25, 0.3) is 0 Å². The van der Waals surface area contributed by atoms with Gasteiger partial charge in [0.15, 0.2) is 5.60 Å². The highest BCUT2D eigenvalue weighted by Crippen LogP contribution is 2.37. The molecule has 2 aromatic carbocycles. The summed E-state index contributed by atoms with van der Waals surface area (Å²) in [4.78, 5) is 24.6. The molecule has 0 aromatic heterocycles. The summed E-state index contributed by atoms with van der Waals surface area (Å²) in [5, 5.41) is 12.9. The number of ketones is 1. The van der Waals surface area contributed by atoms with Gasteiger partial charge in [0.2, 0.25) is 11.6 Å². The van der Waals surface area contributed by atoms with E-state index < -0.39 is 23.1 Å². The molecule has 1 amide bonds. The average molecular weight is 344 g/mol. The first-order chi connectivity index (χ1) is 11.4. The number of rotatable bonds is 3. The molecule has 1 heterocycles. The molecule has 0 spiro atoms. The zero-order chi connectivity index (χ0) is 17.3. The summed E-state index contributed by atoms with van der Waals surface area (Å²) in [7, 11) is 0. The summed E-state index contributed by atoms with van der Waals surface area (Å²) < 4.78 is 5.60. The average Bonchev–Trinajstić information content (AvgIpc) is 2.81. The van der Waals surface area contributed by atoms with E-state index in [1.165, 1.54) is 6.92 Å². The molecule has 0 saturated carbocycles. The van der Waals surface area contributed by atoms with Gasteiger partial charge in [0.25, 0.3) is 11.7 Å². The predicted octanol–water partition coefficient (Wildman–Crippen LogP) is 3.31. The van der Waals surface area contributed by atoms with Gasteiger partial charge in [-0.25, -0.2) is 0 Å². The number of hydrogen-bond donors (Lipinski definition) is 2. The molecular weight excluding hydrogens is 330 g/mol. The topological polar surface area (TPSA) is 75.6 Å². The molecule has 2 N–H and O–H groups in total. The number of aliphatic hydroxyl groups is 1. The highest BCUT2D eigenvalue weighted by atomic mass is 35.5. The maximum Gasteiger partial charge on any atom is 0.258 e. The quantitative estimate of drug-likeness (QED) is 0.896. The molecular formula is C18H14ClNO4. The van der Waals surface area contributed by atoms with E-state index in [0.29, 0.717) is 16.1 Å². The maximum absolute atomic E-state index is 12.4. The first-order valence-corrected chi connectivity index (χ1v) is 7.59. The minimum Gasteiger partial charge on any atom is -0.501 e. The summed E-state index contributed by atoms with van der Waals surface area (Å²) in [6.07, 6.45) is 0. The lowest BCUT2D eigenvalue weighted by atomic mass is 9.92. The molecule has 24 heavy (non-hydrogen) atoms. The van der Waals surface area contributed by atoms with Gasteiger partial charge < -0.3 is 9.84 Å². The van der Waals surface area contributed by atoms with E-state index in [0.717, 1.165) is 0 Å². The van der Waals surface area contributed by atoms with Crippen LogP contribution < -0.4 is 5.32 Å². The monoisotopic (exact) mass is 343 g/mol. The van der Waals surface area contributed by atoms with Crippen molar-refractivity contribution in [3.63, 3.8) is 0 Å².